The molecule has 2 rings (SSSR count). The highest BCUT2D eigenvalue weighted by Gasteiger charge is 2.30. The SMILES string of the molecule is CCSC1CCC(NS(=O)(=O)c2cc(CN)oc2Br)C1. The summed E-state index contributed by atoms with van der Waals surface area (Å²) in [6, 6.07) is 1.48. The Bertz CT molecular complexity index is 559. The lowest BCUT2D eigenvalue weighted by Crippen LogP contribution is -2.33. The third-order valence-corrected chi connectivity index (χ3v) is 6.92. The first-order chi connectivity index (χ1) is 9.46. The van der Waals surface area contributed by atoms with Crippen molar-refractivity contribution in [2.75, 3.05) is 5.75 Å². The van der Waals surface area contributed by atoms with Crippen LogP contribution < -0.4 is 10.5 Å². The van der Waals surface area contributed by atoms with Crippen LogP contribution >= 0.6 is 27.7 Å². The van der Waals surface area contributed by atoms with Crippen molar-refractivity contribution in [1.29, 1.82) is 0 Å². The molecule has 20 heavy (non-hydrogen) atoms. The van der Waals surface area contributed by atoms with Crippen LogP contribution in [0.3, 0.4) is 0 Å². The van der Waals surface area contributed by atoms with Crippen molar-refractivity contribution < 1.29 is 12.8 Å². The molecule has 0 saturated heterocycles. The van der Waals surface area contributed by atoms with E-state index in [0.717, 1.165) is 25.0 Å². The number of sulfonamides is 1. The summed E-state index contributed by atoms with van der Waals surface area (Å²) >= 11 is 5.03. The monoisotopic (exact) mass is 382 g/mol. The Morgan fingerprint density at radius 2 is 2.30 bits per heavy atom. The van der Waals surface area contributed by atoms with Gasteiger partial charge in [0, 0.05) is 17.4 Å². The lowest BCUT2D eigenvalue weighted by atomic mass is 10.3. The van der Waals surface area contributed by atoms with E-state index in [1.165, 1.54) is 6.07 Å². The van der Waals surface area contributed by atoms with Crippen LogP contribution in [0.1, 0.15) is 31.9 Å². The first-order valence-electron chi connectivity index (χ1n) is 6.58. The molecule has 1 aliphatic rings. The largest absolute Gasteiger partial charge is 0.452 e. The van der Waals surface area contributed by atoms with Crippen molar-refractivity contribution in [3.05, 3.63) is 16.5 Å². The molecule has 0 aliphatic heterocycles. The Morgan fingerprint density at radius 1 is 1.55 bits per heavy atom. The van der Waals surface area contributed by atoms with Gasteiger partial charge in [0.1, 0.15) is 10.7 Å². The van der Waals surface area contributed by atoms with Gasteiger partial charge in [0.25, 0.3) is 0 Å². The summed E-state index contributed by atoms with van der Waals surface area (Å²) in [5.41, 5.74) is 5.46. The Kier molecular flexibility index (Phi) is 5.58. The van der Waals surface area contributed by atoms with Gasteiger partial charge >= 0.3 is 0 Å². The lowest BCUT2D eigenvalue weighted by Gasteiger charge is -2.12. The molecule has 2 unspecified atom stereocenters. The van der Waals surface area contributed by atoms with E-state index in [4.69, 9.17) is 10.2 Å². The van der Waals surface area contributed by atoms with Crippen LogP contribution in [0, 0.1) is 0 Å². The summed E-state index contributed by atoms with van der Waals surface area (Å²) in [6.45, 7) is 2.30. The van der Waals surface area contributed by atoms with Gasteiger partial charge in [-0.2, -0.15) is 11.8 Å². The third kappa shape index (κ3) is 3.79. The molecule has 0 radical (unpaired) electrons. The van der Waals surface area contributed by atoms with E-state index < -0.39 is 10.0 Å². The van der Waals surface area contributed by atoms with Gasteiger partial charge in [-0.15, -0.1) is 0 Å². The number of nitrogens with one attached hydrogen (secondary N) is 1. The molecule has 0 amide bonds. The molecule has 5 nitrogen and oxygen atoms in total. The highest BCUT2D eigenvalue weighted by atomic mass is 79.9. The molecule has 1 aromatic rings. The summed E-state index contributed by atoms with van der Waals surface area (Å²) in [6.07, 6.45) is 2.83. The summed E-state index contributed by atoms with van der Waals surface area (Å²) in [7, 11) is -3.56. The molecule has 1 aliphatic carbocycles. The maximum absolute atomic E-state index is 12.4. The standard InChI is InChI=1S/C12H19BrN2O3S2/c1-2-19-10-4-3-8(5-10)15-20(16,17)11-6-9(7-14)18-12(11)13/h6,8,10,15H,2-5,7,14H2,1H3. The Morgan fingerprint density at radius 3 is 2.90 bits per heavy atom. The summed E-state index contributed by atoms with van der Waals surface area (Å²) in [4.78, 5) is 0.129. The molecule has 2 atom stereocenters. The van der Waals surface area contributed by atoms with E-state index in [2.05, 4.69) is 27.6 Å². The van der Waals surface area contributed by atoms with E-state index >= 15 is 0 Å². The lowest BCUT2D eigenvalue weighted by molar-refractivity contribution is 0.482. The third-order valence-electron chi connectivity index (χ3n) is 3.31. The van der Waals surface area contributed by atoms with Crippen molar-refractivity contribution in [2.45, 2.75) is 48.9 Å². The van der Waals surface area contributed by atoms with Gasteiger partial charge in [-0.3, -0.25) is 0 Å². The molecule has 1 aromatic heterocycles. The molecule has 114 valence electrons. The number of rotatable bonds is 6. The van der Waals surface area contributed by atoms with Gasteiger partial charge in [0.05, 0.1) is 6.54 Å². The predicted molar refractivity (Wildman–Crippen MR) is 84.2 cm³/mol. The van der Waals surface area contributed by atoms with E-state index in [9.17, 15) is 8.42 Å². The predicted octanol–water partition coefficient (Wildman–Crippen LogP) is 2.45. The Hall–Kier alpha value is -0.0200. The molecule has 1 fully saturated rings. The molecule has 8 heteroatoms. The molecular weight excluding hydrogens is 364 g/mol. The fraction of sp³-hybridized carbons (Fsp3) is 0.667. The van der Waals surface area contributed by atoms with Crippen molar-refractivity contribution in [2.24, 2.45) is 5.73 Å². The molecule has 1 heterocycles. The van der Waals surface area contributed by atoms with Crippen molar-refractivity contribution >= 4 is 37.7 Å². The number of nitrogens with two attached hydrogens (primary N) is 1. The van der Waals surface area contributed by atoms with Crippen molar-refractivity contribution in [3.63, 3.8) is 0 Å². The number of hydrogen-bond donors (Lipinski definition) is 2. The minimum absolute atomic E-state index is 0.00664. The van der Waals surface area contributed by atoms with Gasteiger partial charge in [-0.25, -0.2) is 13.1 Å². The summed E-state index contributed by atoms with van der Waals surface area (Å²) in [5.74, 6) is 1.51. The Balaban J connectivity index is 2.06. The van der Waals surface area contributed by atoms with Crippen LogP contribution in [0.2, 0.25) is 0 Å². The van der Waals surface area contributed by atoms with Gasteiger partial charge < -0.3 is 10.2 Å². The van der Waals surface area contributed by atoms with E-state index in [1.54, 1.807) is 0 Å². The zero-order chi connectivity index (χ0) is 14.8. The average Bonchev–Trinajstić information content (AvgIpc) is 2.96. The van der Waals surface area contributed by atoms with Crippen LogP contribution in [0.4, 0.5) is 0 Å². The number of hydrogen-bond acceptors (Lipinski definition) is 5. The number of halogens is 1. The Labute approximate surface area is 132 Å². The average molecular weight is 383 g/mol. The molecule has 3 N–H and O–H groups in total. The minimum atomic E-state index is -3.56. The van der Waals surface area contributed by atoms with Crippen molar-refractivity contribution in [3.8, 4) is 0 Å². The minimum Gasteiger partial charge on any atom is -0.452 e. The summed E-state index contributed by atoms with van der Waals surface area (Å²) < 4.78 is 32.9. The topological polar surface area (TPSA) is 85.3 Å². The first-order valence-corrected chi connectivity index (χ1v) is 9.91. The second kappa shape index (κ2) is 6.83. The smallest absolute Gasteiger partial charge is 0.245 e. The zero-order valence-corrected chi connectivity index (χ0v) is 14.5. The highest BCUT2D eigenvalue weighted by Crippen LogP contribution is 2.32. The number of furan rings is 1. The molecule has 0 aromatic carbocycles. The maximum Gasteiger partial charge on any atom is 0.245 e. The van der Waals surface area contributed by atoms with Crippen LogP contribution in [0.5, 0.6) is 0 Å². The van der Waals surface area contributed by atoms with Crippen molar-refractivity contribution in [1.82, 2.24) is 4.72 Å². The van der Waals surface area contributed by atoms with Gasteiger partial charge in [0.2, 0.25) is 10.0 Å². The van der Waals surface area contributed by atoms with E-state index in [0.29, 0.717) is 11.0 Å². The molecule has 0 bridgehead atoms. The van der Waals surface area contributed by atoms with E-state index in [-0.39, 0.29) is 22.2 Å². The zero-order valence-electron chi connectivity index (χ0n) is 11.3. The first kappa shape index (κ1) is 16.4. The molecule has 0 spiro atoms. The molecule has 1 saturated carbocycles. The van der Waals surface area contributed by atoms with Crippen LogP contribution in [-0.2, 0) is 16.6 Å². The van der Waals surface area contributed by atoms with Crippen LogP contribution in [0.25, 0.3) is 0 Å². The quantitative estimate of drug-likeness (QED) is 0.788. The number of thioether (sulfide) groups is 1. The second-order valence-corrected chi connectivity index (χ2v) is 8.74. The van der Waals surface area contributed by atoms with Gasteiger partial charge in [-0.1, -0.05) is 6.92 Å². The normalized spacial score (nSPS) is 23.4. The van der Waals surface area contributed by atoms with Gasteiger partial charge in [0.15, 0.2) is 4.67 Å². The fourth-order valence-electron chi connectivity index (χ4n) is 2.40. The van der Waals surface area contributed by atoms with E-state index in [1.807, 2.05) is 11.8 Å². The van der Waals surface area contributed by atoms with Crippen LogP contribution in [0.15, 0.2) is 20.0 Å². The van der Waals surface area contributed by atoms with Crippen LogP contribution in [-0.4, -0.2) is 25.5 Å². The molecular formula is C12H19BrN2O3S2. The second-order valence-electron chi connectivity index (χ2n) is 4.76. The highest BCUT2D eigenvalue weighted by molar-refractivity contribution is 9.10. The summed E-state index contributed by atoms with van der Waals surface area (Å²) in [5, 5.41) is 0.556. The maximum atomic E-state index is 12.4. The fourth-order valence-corrected chi connectivity index (χ4v) is 5.82. The van der Waals surface area contributed by atoms with Gasteiger partial charge in [-0.05, 0) is 40.9 Å².